The number of piperidine rings is 1. The highest BCUT2D eigenvalue weighted by Crippen LogP contribution is 2.31. The van der Waals surface area contributed by atoms with Crippen molar-refractivity contribution in [3.05, 3.63) is 12.4 Å². The summed E-state index contributed by atoms with van der Waals surface area (Å²) in [5.74, 6) is 0. The maximum atomic E-state index is 12.8. The molecule has 23 heavy (non-hydrogen) atoms. The van der Waals surface area contributed by atoms with E-state index >= 15 is 0 Å². The minimum atomic E-state index is -3.51. The van der Waals surface area contributed by atoms with Gasteiger partial charge in [0, 0.05) is 31.9 Å². The summed E-state index contributed by atoms with van der Waals surface area (Å²) in [5, 5.41) is 4.22. The van der Waals surface area contributed by atoms with Crippen molar-refractivity contribution in [2.45, 2.75) is 43.7 Å². The van der Waals surface area contributed by atoms with Gasteiger partial charge in [0.25, 0.3) is 0 Å². The fourth-order valence-corrected chi connectivity index (χ4v) is 4.63. The van der Waals surface area contributed by atoms with Gasteiger partial charge in [-0.3, -0.25) is 4.68 Å². The molecule has 0 spiro atoms. The molecule has 1 aromatic rings. The normalized spacial score (nSPS) is 28.5. The van der Waals surface area contributed by atoms with E-state index in [4.69, 9.17) is 10.5 Å². The zero-order valence-corrected chi connectivity index (χ0v) is 15.1. The Kier molecular flexibility index (Phi) is 5.42. The minimum Gasteiger partial charge on any atom is -0.379 e. The highest BCUT2D eigenvalue weighted by atomic mass is 35.5. The van der Waals surface area contributed by atoms with E-state index in [-0.39, 0.29) is 34.8 Å². The van der Waals surface area contributed by atoms with Crippen molar-refractivity contribution in [2.75, 3.05) is 26.3 Å². The Morgan fingerprint density at radius 2 is 2.13 bits per heavy atom. The molecule has 2 N–H and O–H groups in total. The maximum Gasteiger partial charge on any atom is 0.246 e. The SMILES string of the molecule is CC1(C)CN(S(=O)(=O)c2cnn(C3CCOC3)c2)CCC1N.Cl. The smallest absolute Gasteiger partial charge is 0.246 e. The summed E-state index contributed by atoms with van der Waals surface area (Å²) >= 11 is 0. The van der Waals surface area contributed by atoms with Crippen molar-refractivity contribution in [1.82, 2.24) is 14.1 Å². The van der Waals surface area contributed by atoms with Crippen molar-refractivity contribution in [1.29, 1.82) is 0 Å². The topological polar surface area (TPSA) is 90.5 Å². The van der Waals surface area contributed by atoms with Crippen LogP contribution in [0, 0.1) is 5.41 Å². The van der Waals surface area contributed by atoms with Crippen LogP contribution in [0.5, 0.6) is 0 Å². The third kappa shape index (κ3) is 3.56. The molecule has 0 amide bonds. The molecule has 9 heteroatoms. The average molecular weight is 365 g/mol. The van der Waals surface area contributed by atoms with Crippen molar-refractivity contribution in [3.63, 3.8) is 0 Å². The number of hydrogen-bond acceptors (Lipinski definition) is 5. The van der Waals surface area contributed by atoms with Gasteiger partial charge in [-0.1, -0.05) is 13.8 Å². The van der Waals surface area contributed by atoms with Gasteiger partial charge in [0.05, 0.1) is 18.8 Å². The maximum absolute atomic E-state index is 12.8. The van der Waals surface area contributed by atoms with Crippen LogP contribution in [-0.4, -0.2) is 54.8 Å². The van der Waals surface area contributed by atoms with Crippen molar-refractivity contribution in [2.24, 2.45) is 11.1 Å². The lowest BCUT2D eigenvalue weighted by Gasteiger charge is -2.41. The Balaban J connectivity index is 0.00000192. The molecular weight excluding hydrogens is 340 g/mol. The third-order valence-corrected chi connectivity index (χ3v) is 6.57. The molecule has 0 saturated carbocycles. The third-order valence-electron chi connectivity index (χ3n) is 4.77. The summed E-state index contributed by atoms with van der Waals surface area (Å²) in [4.78, 5) is 0.255. The second-order valence-corrected chi connectivity index (χ2v) is 8.83. The monoisotopic (exact) mass is 364 g/mol. The first-order valence-corrected chi connectivity index (χ1v) is 9.12. The molecule has 2 fully saturated rings. The Bertz CT molecular complexity index is 640. The van der Waals surface area contributed by atoms with E-state index in [0.29, 0.717) is 32.7 Å². The average Bonchev–Trinajstić information content (AvgIpc) is 3.10. The first kappa shape index (κ1) is 18.7. The quantitative estimate of drug-likeness (QED) is 0.864. The van der Waals surface area contributed by atoms with Crippen molar-refractivity contribution >= 4 is 22.4 Å². The molecular formula is C14H25ClN4O3S. The number of hydrogen-bond donors (Lipinski definition) is 1. The van der Waals surface area contributed by atoms with Gasteiger partial charge in [-0.15, -0.1) is 12.4 Å². The predicted octanol–water partition coefficient (Wildman–Crippen LogP) is 1.01. The van der Waals surface area contributed by atoms with E-state index < -0.39 is 10.0 Å². The zero-order valence-electron chi connectivity index (χ0n) is 13.5. The molecule has 0 radical (unpaired) electrons. The fourth-order valence-electron chi connectivity index (χ4n) is 3.06. The van der Waals surface area contributed by atoms with Gasteiger partial charge in [0.1, 0.15) is 4.90 Å². The van der Waals surface area contributed by atoms with E-state index in [1.807, 2.05) is 13.8 Å². The van der Waals surface area contributed by atoms with E-state index in [1.165, 1.54) is 10.5 Å². The second kappa shape index (κ2) is 6.68. The van der Waals surface area contributed by atoms with E-state index in [2.05, 4.69) is 5.10 Å². The largest absolute Gasteiger partial charge is 0.379 e. The molecule has 132 valence electrons. The van der Waals surface area contributed by atoms with Crippen LogP contribution in [0.2, 0.25) is 0 Å². The molecule has 3 heterocycles. The standard InChI is InChI=1S/C14H24N4O3S.ClH/c1-14(2)10-17(5-3-13(14)15)22(19,20)12-7-16-18(8-12)11-4-6-21-9-11;/h7-8,11,13H,3-6,9-10,15H2,1-2H3;1H. The van der Waals surface area contributed by atoms with E-state index in [1.54, 1.807) is 10.9 Å². The van der Waals surface area contributed by atoms with Gasteiger partial charge in [-0.2, -0.15) is 9.40 Å². The van der Waals surface area contributed by atoms with Crippen LogP contribution in [-0.2, 0) is 14.8 Å². The van der Waals surface area contributed by atoms with Crippen molar-refractivity contribution < 1.29 is 13.2 Å². The second-order valence-electron chi connectivity index (χ2n) is 6.90. The lowest BCUT2D eigenvalue weighted by atomic mass is 9.81. The summed E-state index contributed by atoms with van der Waals surface area (Å²) in [7, 11) is -3.51. The van der Waals surface area contributed by atoms with E-state index in [9.17, 15) is 8.42 Å². The predicted molar refractivity (Wildman–Crippen MR) is 89.1 cm³/mol. The Hall–Kier alpha value is -0.670. The Labute approximate surface area is 143 Å². The summed E-state index contributed by atoms with van der Waals surface area (Å²) < 4.78 is 34.2. The molecule has 3 rings (SSSR count). The van der Waals surface area contributed by atoms with Crippen molar-refractivity contribution in [3.8, 4) is 0 Å². The number of ether oxygens (including phenoxy) is 1. The lowest BCUT2D eigenvalue weighted by molar-refractivity contribution is 0.155. The highest BCUT2D eigenvalue weighted by Gasteiger charge is 2.39. The van der Waals surface area contributed by atoms with Gasteiger partial charge < -0.3 is 10.5 Å². The summed E-state index contributed by atoms with van der Waals surface area (Å²) in [6, 6.07) is 0.160. The molecule has 0 aromatic carbocycles. The summed E-state index contributed by atoms with van der Waals surface area (Å²) in [6.07, 6.45) is 4.61. The Morgan fingerprint density at radius 1 is 1.39 bits per heavy atom. The van der Waals surface area contributed by atoms with Gasteiger partial charge in [-0.05, 0) is 18.3 Å². The number of aromatic nitrogens is 2. The van der Waals surface area contributed by atoms with Crippen LogP contribution in [0.3, 0.4) is 0 Å². The molecule has 2 unspecified atom stereocenters. The van der Waals surface area contributed by atoms with Gasteiger partial charge in [0.2, 0.25) is 10.0 Å². The molecule has 0 aliphatic carbocycles. The van der Waals surface area contributed by atoms with Crippen LogP contribution in [0.25, 0.3) is 0 Å². The molecule has 2 atom stereocenters. The van der Waals surface area contributed by atoms with Crippen LogP contribution in [0.1, 0.15) is 32.7 Å². The van der Waals surface area contributed by atoms with E-state index in [0.717, 1.165) is 6.42 Å². The molecule has 0 bridgehead atoms. The van der Waals surface area contributed by atoms with Crippen LogP contribution >= 0.6 is 12.4 Å². The van der Waals surface area contributed by atoms with Crippen LogP contribution in [0.15, 0.2) is 17.3 Å². The Morgan fingerprint density at radius 3 is 2.74 bits per heavy atom. The van der Waals surface area contributed by atoms with Crippen LogP contribution < -0.4 is 5.73 Å². The van der Waals surface area contributed by atoms with Gasteiger partial charge in [0.15, 0.2) is 0 Å². The number of nitrogens with two attached hydrogens (primary N) is 1. The number of halogens is 1. The molecule has 7 nitrogen and oxygen atoms in total. The fraction of sp³-hybridized carbons (Fsp3) is 0.786. The molecule has 2 aliphatic rings. The zero-order chi connectivity index (χ0) is 16.0. The summed E-state index contributed by atoms with van der Waals surface area (Å²) in [5.41, 5.74) is 5.87. The minimum absolute atomic E-state index is 0. The summed E-state index contributed by atoms with van der Waals surface area (Å²) in [6.45, 7) is 6.22. The van der Waals surface area contributed by atoms with Gasteiger partial charge >= 0.3 is 0 Å². The number of rotatable bonds is 3. The number of nitrogens with zero attached hydrogens (tertiary/aromatic N) is 3. The highest BCUT2D eigenvalue weighted by molar-refractivity contribution is 7.89. The van der Waals surface area contributed by atoms with Gasteiger partial charge in [-0.25, -0.2) is 8.42 Å². The molecule has 2 aliphatic heterocycles. The number of sulfonamides is 1. The molecule has 2 saturated heterocycles. The van der Waals surface area contributed by atoms with Crippen LogP contribution in [0.4, 0.5) is 0 Å². The first-order chi connectivity index (χ1) is 10.3. The molecule has 1 aromatic heterocycles. The first-order valence-electron chi connectivity index (χ1n) is 7.68. The lowest BCUT2D eigenvalue weighted by Crippen LogP contribution is -2.53.